The molecule has 24 heavy (non-hydrogen) atoms. The smallest absolute Gasteiger partial charge is 0.191 e. The number of ether oxygens (including phenoxy) is 2. The summed E-state index contributed by atoms with van der Waals surface area (Å²) in [6, 6.07) is 13.7. The summed E-state index contributed by atoms with van der Waals surface area (Å²) in [6.45, 7) is 3.97. The number of benzene rings is 1. The van der Waals surface area contributed by atoms with Crippen LogP contribution in [0.1, 0.15) is 11.3 Å². The fourth-order valence-corrected chi connectivity index (χ4v) is 2.44. The second-order valence-electron chi connectivity index (χ2n) is 5.53. The Kier molecular flexibility index (Phi) is 5.63. The largest absolute Gasteiger partial charge is 0.487 e. The van der Waals surface area contributed by atoms with Gasteiger partial charge in [0.1, 0.15) is 12.4 Å². The van der Waals surface area contributed by atoms with Crippen molar-refractivity contribution >= 4 is 5.96 Å². The monoisotopic (exact) mass is 326 g/mol. The number of aliphatic imine (C=N–C) groups is 1. The van der Waals surface area contributed by atoms with Gasteiger partial charge in [-0.2, -0.15) is 0 Å². The van der Waals surface area contributed by atoms with Crippen molar-refractivity contribution in [1.82, 2.24) is 9.88 Å². The van der Waals surface area contributed by atoms with Crippen LogP contribution < -0.4 is 10.5 Å². The van der Waals surface area contributed by atoms with E-state index in [4.69, 9.17) is 15.2 Å². The Labute approximate surface area is 141 Å². The minimum atomic E-state index is 0.448. The van der Waals surface area contributed by atoms with Gasteiger partial charge in [-0.05, 0) is 29.8 Å². The Bertz CT molecular complexity index is 670. The molecule has 6 nitrogen and oxygen atoms in total. The van der Waals surface area contributed by atoms with E-state index in [9.17, 15) is 0 Å². The summed E-state index contributed by atoms with van der Waals surface area (Å²) in [4.78, 5) is 10.8. The molecule has 1 aliphatic rings. The molecule has 0 atom stereocenters. The standard InChI is InChI=1S/C18H22N4O2/c19-18(22-8-10-23-11-9-22)21-13-15-4-3-6-17(12-15)24-14-16-5-1-2-7-20-16/h1-7,12H,8-11,13-14H2,(H2,19,21). The third-order valence-corrected chi connectivity index (χ3v) is 3.77. The number of rotatable bonds is 5. The van der Waals surface area contributed by atoms with Crippen molar-refractivity contribution in [2.45, 2.75) is 13.2 Å². The van der Waals surface area contributed by atoms with Crippen LogP contribution in [0, 0.1) is 0 Å². The van der Waals surface area contributed by atoms with E-state index < -0.39 is 0 Å². The molecule has 0 unspecified atom stereocenters. The normalized spacial score (nSPS) is 15.3. The van der Waals surface area contributed by atoms with E-state index in [2.05, 4.69) is 9.98 Å². The Balaban J connectivity index is 1.56. The minimum Gasteiger partial charge on any atom is -0.487 e. The predicted octanol–water partition coefficient (Wildman–Crippen LogP) is 1.81. The second kappa shape index (κ2) is 8.31. The van der Waals surface area contributed by atoms with Gasteiger partial charge in [0.2, 0.25) is 0 Å². The van der Waals surface area contributed by atoms with Crippen LogP contribution >= 0.6 is 0 Å². The summed E-state index contributed by atoms with van der Waals surface area (Å²) >= 11 is 0. The van der Waals surface area contributed by atoms with Crippen LogP contribution in [0.15, 0.2) is 53.7 Å². The van der Waals surface area contributed by atoms with Crippen LogP contribution in [0.3, 0.4) is 0 Å². The Hall–Kier alpha value is -2.60. The molecule has 0 spiro atoms. The van der Waals surface area contributed by atoms with Crippen LogP contribution in [-0.4, -0.2) is 42.1 Å². The first kappa shape index (κ1) is 16.3. The van der Waals surface area contributed by atoms with Crippen LogP contribution in [0.2, 0.25) is 0 Å². The van der Waals surface area contributed by atoms with Gasteiger partial charge in [0.15, 0.2) is 5.96 Å². The molecule has 3 rings (SSSR count). The maximum atomic E-state index is 6.05. The first-order chi connectivity index (χ1) is 11.8. The van der Waals surface area contributed by atoms with Crippen molar-refractivity contribution in [3.63, 3.8) is 0 Å². The quantitative estimate of drug-likeness (QED) is 0.670. The lowest BCUT2D eigenvalue weighted by atomic mass is 10.2. The number of morpholine rings is 1. The third kappa shape index (κ3) is 4.70. The Morgan fingerprint density at radius 3 is 2.88 bits per heavy atom. The lowest BCUT2D eigenvalue weighted by Gasteiger charge is -2.27. The summed E-state index contributed by atoms with van der Waals surface area (Å²) in [6.07, 6.45) is 1.76. The first-order valence-corrected chi connectivity index (χ1v) is 8.05. The number of aromatic nitrogens is 1. The first-order valence-electron chi connectivity index (χ1n) is 8.05. The van der Waals surface area contributed by atoms with Gasteiger partial charge in [0.25, 0.3) is 0 Å². The number of hydrogen-bond donors (Lipinski definition) is 1. The van der Waals surface area contributed by atoms with Crippen molar-refractivity contribution < 1.29 is 9.47 Å². The summed E-state index contributed by atoms with van der Waals surface area (Å²) in [5.41, 5.74) is 8.01. The van der Waals surface area contributed by atoms with Crippen molar-refractivity contribution in [3.05, 3.63) is 59.9 Å². The lowest BCUT2D eigenvalue weighted by Crippen LogP contribution is -2.44. The zero-order chi connectivity index (χ0) is 16.6. The van der Waals surface area contributed by atoms with Crippen LogP contribution in [0.25, 0.3) is 0 Å². The van der Waals surface area contributed by atoms with E-state index in [1.54, 1.807) is 6.20 Å². The van der Waals surface area contributed by atoms with Gasteiger partial charge in [-0.1, -0.05) is 18.2 Å². The zero-order valence-electron chi connectivity index (χ0n) is 13.6. The SMILES string of the molecule is NC(=NCc1cccc(OCc2ccccn2)c1)N1CCOCC1. The number of nitrogens with two attached hydrogens (primary N) is 1. The fourth-order valence-electron chi connectivity index (χ4n) is 2.44. The van der Waals surface area contributed by atoms with Gasteiger partial charge in [0.05, 0.1) is 25.5 Å². The van der Waals surface area contributed by atoms with E-state index >= 15 is 0 Å². The van der Waals surface area contributed by atoms with E-state index in [1.165, 1.54) is 0 Å². The Morgan fingerprint density at radius 2 is 2.08 bits per heavy atom. The van der Waals surface area contributed by atoms with E-state index in [-0.39, 0.29) is 0 Å². The van der Waals surface area contributed by atoms with E-state index in [0.717, 1.165) is 30.1 Å². The Morgan fingerprint density at radius 1 is 1.21 bits per heavy atom. The molecule has 0 amide bonds. The number of guanidine groups is 1. The van der Waals surface area contributed by atoms with Crippen LogP contribution in [0.4, 0.5) is 0 Å². The highest BCUT2D eigenvalue weighted by Crippen LogP contribution is 2.15. The van der Waals surface area contributed by atoms with Gasteiger partial charge in [-0.3, -0.25) is 4.98 Å². The molecule has 2 aromatic rings. The molecule has 1 aliphatic heterocycles. The molecule has 2 N–H and O–H groups in total. The number of nitrogens with zero attached hydrogens (tertiary/aromatic N) is 3. The molecular weight excluding hydrogens is 304 g/mol. The van der Waals surface area contributed by atoms with Crippen molar-refractivity contribution in [2.75, 3.05) is 26.3 Å². The summed E-state index contributed by atoms with van der Waals surface area (Å²) < 4.78 is 11.1. The molecule has 0 radical (unpaired) electrons. The topological polar surface area (TPSA) is 73.0 Å². The number of hydrogen-bond acceptors (Lipinski definition) is 4. The molecular formula is C18H22N4O2. The lowest BCUT2D eigenvalue weighted by molar-refractivity contribution is 0.0674. The van der Waals surface area contributed by atoms with Crippen molar-refractivity contribution in [1.29, 1.82) is 0 Å². The maximum absolute atomic E-state index is 6.05. The van der Waals surface area contributed by atoms with Crippen molar-refractivity contribution in [3.8, 4) is 5.75 Å². The van der Waals surface area contributed by atoms with Crippen LogP contribution in [0.5, 0.6) is 5.75 Å². The average Bonchev–Trinajstić information content (AvgIpc) is 2.66. The highest BCUT2D eigenvalue weighted by molar-refractivity contribution is 5.78. The van der Waals surface area contributed by atoms with Gasteiger partial charge in [-0.15, -0.1) is 0 Å². The van der Waals surface area contributed by atoms with Crippen molar-refractivity contribution in [2.24, 2.45) is 10.7 Å². The molecule has 1 fully saturated rings. The molecule has 0 aliphatic carbocycles. The van der Waals surface area contributed by atoms with Gasteiger partial charge in [-0.25, -0.2) is 4.99 Å². The highest BCUT2D eigenvalue weighted by atomic mass is 16.5. The molecule has 6 heteroatoms. The van der Waals surface area contributed by atoms with E-state index in [1.807, 2.05) is 47.4 Å². The minimum absolute atomic E-state index is 0.448. The van der Waals surface area contributed by atoms with Gasteiger partial charge >= 0.3 is 0 Å². The number of pyridine rings is 1. The molecule has 1 aromatic carbocycles. The van der Waals surface area contributed by atoms with Gasteiger partial charge in [0, 0.05) is 19.3 Å². The van der Waals surface area contributed by atoms with Gasteiger partial charge < -0.3 is 20.1 Å². The summed E-state index contributed by atoms with van der Waals surface area (Å²) in [5, 5.41) is 0. The average molecular weight is 326 g/mol. The fraction of sp³-hybridized carbons (Fsp3) is 0.333. The molecule has 0 bridgehead atoms. The molecule has 126 valence electrons. The molecule has 0 saturated carbocycles. The maximum Gasteiger partial charge on any atom is 0.191 e. The highest BCUT2D eigenvalue weighted by Gasteiger charge is 2.11. The molecule has 2 heterocycles. The summed E-state index contributed by atoms with van der Waals surface area (Å²) in [7, 11) is 0. The molecule has 1 saturated heterocycles. The predicted molar refractivity (Wildman–Crippen MR) is 92.7 cm³/mol. The third-order valence-electron chi connectivity index (χ3n) is 3.77. The summed E-state index contributed by atoms with van der Waals surface area (Å²) in [5.74, 6) is 1.37. The zero-order valence-corrected chi connectivity index (χ0v) is 13.6. The van der Waals surface area contributed by atoms with E-state index in [0.29, 0.717) is 32.3 Å². The second-order valence-corrected chi connectivity index (χ2v) is 5.53. The molecule has 1 aromatic heterocycles. The van der Waals surface area contributed by atoms with Crippen LogP contribution in [-0.2, 0) is 17.9 Å².